The van der Waals surface area contributed by atoms with Gasteiger partial charge in [-0.15, -0.1) is 0 Å². The average molecular weight is 824 g/mol. The number of unbranched alkanes of at least 4 members (excludes halogenated alkanes) is 22. The van der Waals surface area contributed by atoms with Crippen LogP contribution in [0.1, 0.15) is 206 Å². The van der Waals surface area contributed by atoms with Gasteiger partial charge < -0.3 is 20.1 Å². The lowest BCUT2D eigenvalue weighted by molar-refractivity contribution is -0.147. The van der Waals surface area contributed by atoms with Gasteiger partial charge in [0.2, 0.25) is 5.91 Å². The minimum atomic E-state index is -4.42. The van der Waals surface area contributed by atoms with Gasteiger partial charge in [-0.05, 0) is 70.6 Å². The highest BCUT2D eigenvalue weighted by Crippen LogP contribution is 2.42. The normalized spacial score (nSPS) is 13.7. The molecule has 0 spiro atoms. The van der Waals surface area contributed by atoms with Gasteiger partial charge in [0, 0.05) is 19.4 Å². The second-order valence-corrected chi connectivity index (χ2v) is 16.8. The molecule has 0 saturated carbocycles. The molecule has 2 atom stereocenters. The van der Waals surface area contributed by atoms with E-state index in [9.17, 15) is 24.2 Å². The van der Waals surface area contributed by atoms with E-state index in [0.717, 1.165) is 64.2 Å². The molecule has 0 aliphatic heterocycles. The van der Waals surface area contributed by atoms with E-state index in [1.54, 1.807) is 0 Å². The highest BCUT2D eigenvalue weighted by molar-refractivity contribution is 7.47. The number of hydrogen-bond donors (Lipinski definition) is 3. The molecule has 0 aromatic heterocycles. The minimum Gasteiger partial charge on any atom is -0.463 e. The molecule has 0 bridgehead atoms. The molecule has 0 heterocycles. The topological polar surface area (TPSA) is 131 Å². The summed E-state index contributed by atoms with van der Waals surface area (Å²) in [6.07, 6.45) is 50.4. The van der Waals surface area contributed by atoms with Crippen LogP contribution in [-0.4, -0.2) is 54.3 Å². The summed E-state index contributed by atoms with van der Waals surface area (Å²) in [4.78, 5) is 34.0. The largest absolute Gasteiger partial charge is 0.472 e. The lowest BCUT2D eigenvalue weighted by atomic mass is 10.1. The Kier molecular flexibility index (Phi) is 42.0. The van der Waals surface area contributed by atoms with Crippen molar-refractivity contribution in [1.82, 2.24) is 5.32 Å². The third-order valence-electron chi connectivity index (χ3n) is 9.74. The van der Waals surface area contributed by atoms with Crippen molar-refractivity contribution in [2.24, 2.45) is 0 Å². The van der Waals surface area contributed by atoms with Crippen LogP contribution in [0.15, 0.2) is 48.6 Å². The molecule has 0 aromatic carbocycles. The Morgan fingerprint density at radius 3 is 1.53 bits per heavy atom. The second kappa shape index (κ2) is 43.5. The molecule has 3 N–H and O–H groups in total. The van der Waals surface area contributed by atoms with Crippen molar-refractivity contribution < 1.29 is 37.9 Å². The molecule has 10 heteroatoms. The predicted octanol–water partition coefficient (Wildman–Crippen LogP) is 13.1. The van der Waals surface area contributed by atoms with Crippen molar-refractivity contribution in [2.45, 2.75) is 213 Å². The van der Waals surface area contributed by atoms with Gasteiger partial charge in [-0.25, -0.2) is 4.57 Å². The first-order valence-corrected chi connectivity index (χ1v) is 24.6. The number of carbonyl (C=O) groups is 2. The first-order valence-electron chi connectivity index (χ1n) is 23.1. The van der Waals surface area contributed by atoms with Gasteiger partial charge >= 0.3 is 13.8 Å². The van der Waals surface area contributed by atoms with Crippen LogP contribution in [0, 0.1) is 0 Å². The van der Waals surface area contributed by atoms with E-state index in [4.69, 9.17) is 13.8 Å². The van der Waals surface area contributed by atoms with Crippen molar-refractivity contribution in [1.29, 1.82) is 0 Å². The maximum atomic E-state index is 12.1. The molecule has 0 saturated heterocycles. The fraction of sp³-hybridized carbons (Fsp3) is 0.787. The SMILES string of the molecule is CC/C=C\C/C=C\C/C=C\CCCCCCCCCC(=O)NCCOP(=O)(O)OCC(O)COC(=O)CCCCCCCCCCC/C=C/CCCCCCCC. The highest BCUT2D eigenvalue weighted by atomic mass is 31.2. The summed E-state index contributed by atoms with van der Waals surface area (Å²) in [5, 5.41) is 12.7. The number of ether oxygens (including phenoxy) is 1. The lowest BCUT2D eigenvalue weighted by Crippen LogP contribution is -2.27. The maximum Gasteiger partial charge on any atom is 0.472 e. The van der Waals surface area contributed by atoms with Crippen LogP contribution in [-0.2, 0) is 27.9 Å². The molecular formula is C47H86NO8P. The molecule has 0 aliphatic carbocycles. The van der Waals surface area contributed by atoms with Crippen LogP contribution in [0.2, 0.25) is 0 Å². The number of aliphatic hydroxyl groups excluding tert-OH is 1. The quantitative estimate of drug-likeness (QED) is 0.0240. The van der Waals surface area contributed by atoms with E-state index in [0.29, 0.717) is 6.42 Å². The van der Waals surface area contributed by atoms with E-state index in [-0.39, 0.29) is 32.1 Å². The first kappa shape index (κ1) is 55.0. The smallest absolute Gasteiger partial charge is 0.463 e. The summed E-state index contributed by atoms with van der Waals surface area (Å²) in [6.45, 7) is 3.44. The van der Waals surface area contributed by atoms with Crippen LogP contribution in [0.25, 0.3) is 0 Å². The zero-order valence-corrected chi connectivity index (χ0v) is 37.4. The van der Waals surface area contributed by atoms with Crippen molar-refractivity contribution in [3.8, 4) is 0 Å². The fourth-order valence-electron chi connectivity index (χ4n) is 6.27. The standard InChI is InChI=1S/C47H86NO8P/c1-3-5-7-9-11-13-15-17-19-21-22-24-26-28-30-32-34-36-38-40-47(51)54-43-45(49)44-56-57(52,53)55-42-41-48-46(50)39-37-35-33-31-29-27-25-23-20-18-16-14-12-10-8-6-4-2/h6,8,12,14,17-20,45,49H,3-5,7,9-11,13,15-16,21-44H2,1-2H3,(H,48,50)(H,52,53)/b8-6-,14-12-,19-17+,20-18-. The molecule has 57 heavy (non-hydrogen) atoms. The van der Waals surface area contributed by atoms with Gasteiger partial charge in [0.1, 0.15) is 12.7 Å². The Hall–Kier alpha value is -2.03. The number of phosphoric ester groups is 1. The van der Waals surface area contributed by atoms with Gasteiger partial charge in [0.05, 0.1) is 13.2 Å². The van der Waals surface area contributed by atoms with Crippen LogP contribution >= 0.6 is 7.82 Å². The van der Waals surface area contributed by atoms with Crippen LogP contribution in [0.4, 0.5) is 0 Å². The second-order valence-electron chi connectivity index (χ2n) is 15.3. The number of amides is 1. The van der Waals surface area contributed by atoms with Gasteiger partial charge in [0.15, 0.2) is 0 Å². The third-order valence-corrected chi connectivity index (χ3v) is 10.7. The number of esters is 1. The minimum absolute atomic E-state index is 0.0748. The Morgan fingerprint density at radius 1 is 0.561 bits per heavy atom. The molecule has 0 aliphatic rings. The molecule has 0 fully saturated rings. The maximum absolute atomic E-state index is 12.1. The van der Waals surface area contributed by atoms with Crippen molar-refractivity contribution in [2.75, 3.05) is 26.4 Å². The fourth-order valence-corrected chi connectivity index (χ4v) is 7.03. The Morgan fingerprint density at radius 2 is 1.00 bits per heavy atom. The summed E-state index contributed by atoms with van der Waals surface area (Å²) < 4.78 is 26.9. The molecule has 1 amide bonds. The van der Waals surface area contributed by atoms with Crippen LogP contribution < -0.4 is 5.32 Å². The first-order chi connectivity index (χ1) is 27.8. The number of allylic oxidation sites excluding steroid dienone is 8. The number of phosphoric acid groups is 1. The molecule has 2 unspecified atom stereocenters. The predicted molar refractivity (Wildman–Crippen MR) is 238 cm³/mol. The number of rotatable bonds is 43. The van der Waals surface area contributed by atoms with Gasteiger partial charge in [0.25, 0.3) is 0 Å². The Labute approximate surface area is 349 Å². The van der Waals surface area contributed by atoms with Crippen molar-refractivity contribution in [3.63, 3.8) is 0 Å². The zero-order valence-electron chi connectivity index (χ0n) is 36.5. The van der Waals surface area contributed by atoms with E-state index < -0.39 is 26.5 Å². The monoisotopic (exact) mass is 824 g/mol. The number of aliphatic hydroxyl groups is 1. The molecule has 0 radical (unpaired) electrons. The average Bonchev–Trinajstić information content (AvgIpc) is 3.20. The summed E-state index contributed by atoms with van der Waals surface area (Å²) >= 11 is 0. The van der Waals surface area contributed by atoms with E-state index >= 15 is 0 Å². The number of carbonyl (C=O) groups excluding carboxylic acids is 2. The summed E-state index contributed by atoms with van der Waals surface area (Å²) in [5.74, 6) is -0.527. The Bertz CT molecular complexity index is 1080. The molecule has 0 aromatic rings. The van der Waals surface area contributed by atoms with Gasteiger partial charge in [-0.1, -0.05) is 172 Å². The summed E-state index contributed by atoms with van der Waals surface area (Å²) in [7, 11) is -4.42. The van der Waals surface area contributed by atoms with E-state index in [2.05, 4.69) is 67.8 Å². The molecule has 9 nitrogen and oxygen atoms in total. The van der Waals surface area contributed by atoms with Crippen molar-refractivity contribution in [3.05, 3.63) is 48.6 Å². The third kappa shape index (κ3) is 44.9. The summed E-state index contributed by atoms with van der Waals surface area (Å²) in [5.41, 5.74) is 0. The number of hydrogen-bond acceptors (Lipinski definition) is 7. The summed E-state index contributed by atoms with van der Waals surface area (Å²) in [6, 6.07) is 0. The van der Waals surface area contributed by atoms with Crippen LogP contribution in [0.5, 0.6) is 0 Å². The Balaban J connectivity index is 3.59. The molecule has 0 rings (SSSR count). The van der Waals surface area contributed by atoms with Gasteiger partial charge in [-0.2, -0.15) is 0 Å². The molecule has 332 valence electrons. The number of nitrogens with one attached hydrogen (secondary N) is 1. The molecular weight excluding hydrogens is 737 g/mol. The van der Waals surface area contributed by atoms with Crippen LogP contribution in [0.3, 0.4) is 0 Å². The van der Waals surface area contributed by atoms with E-state index in [1.165, 1.54) is 116 Å². The zero-order chi connectivity index (χ0) is 41.8. The van der Waals surface area contributed by atoms with E-state index in [1.807, 2.05) is 0 Å². The van der Waals surface area contributed by atoms with Gasteiger partial charge in [-0.3, -0.25) is 18.6 Å². The van der Waals surface area contributed by atoms with Crippen molar-refractivity contribution >= 4 is 19.7 Å². The lowest BCUT2D eigenvalue weighted by Gasteiger charge is -2.15. The highest BCUT2D eigenvalue weighted by Gasteiger charge is 2.23.